The van der Waals surface area contributed by atoms with Gasteiger partial charge < -0.3 is 14.2 Å². The lowest BCUT2D eigenvalue weighted by Gasteiger charge is -2.21. The summed E-state index contributed by atoms with van der Waals surface area (Å²) < 4.78 is 15.7. The number of carbonyl (C=O) groups excluding carboxylic acids is 1. The third-order valence-corrected chi connectivity index (χ3v) is 2.05. The number of esters is 1. The predicted octanol–water partition coefficient (Wildman–Crippen LogP) is 1.48. The Hall–Kier alpha value is -0.610. The minimum Gasteiger partial charge on any atom is -0.463 e. The Morgan fingerprint density at radius 1 is 1.43 bits per heavy atom. The first-order valence-electron chi connectivity index (χ1n) is 4.99. The molecule has 0 aromatic rings. The Balaban J connectivity index is 2.22. The van der Waals surface area contributed by atoms with E-state index < -0.39 is 5.79 Å². The standard InChI is InChI=1S/C10H18O4/c1-8(2)14-9(11)4-5-10(3)12-6-7-13-10/h8H,4-7H2,1-3H3. The molecule has 0 amide bonds. The minimum atomic E-state index is -0.587. The van der Waals surface area contributed by atoms with Crippen LogP contribution in [0.5, 0.6) is 0 Å². The van der Waals surface area contributed by atoms with Gasteiger partial charge in [0.25, 0.3) is 0 Å². The van der Waals surface area contributed by atoms with Crippen molar-refractivity contribution in [3.05, 3.63) is 0 Å². The second-order valence-corrected chi connectivity index (χ2v) is 3.87. The van der Waals surface area contributed by atoms with Gasteiger partial charge in [0.1, 0.15) is 0 Å². The van der Waals surface area contributed by atoms with Crippen LogP contribution in [0.1, 0.15) is 33.6 Å². The largest absolute Gasteiger partial charge is 0.463 e. The summed E-state index contributed by atoms with van der Waals surface area (Å²) >= 11 is 0. The molecule has 0 N–H and O–H groups in total. The van der Waals surface area contributed by atoms with Gasteiger partial charge in [0, 0.05) is 6.42 Å². The molecule has 0 saturated carbocycles. The maximum atomic E-state index is 11.2. The van der Waals surface area contributed by atoms with Crippen molar-refractivity contribution in [1.82, 2.24) is 0 Å². The highest BCUT2D eigenvalue weighted by Gasteiger charge is 2.31. The van der Waals surface area contributed by atoms with Crippen molar-refractivity contribution in [3.8, 4) is 0 Å². The molecule has 1 rings (SSSR count). The van der Waals surface area contributed by atoms with E-state index in [4.69, 9.17) is 14.2 Å². The molecule has 1 fully saturated rings. The Labute approximate surface area is 84.5 Å². The molecule has 1 heterocycles. The molecule has 0 unspecified atom stereocenters. The van der Waals surface area contributed by atoms with E-state index in [-0.39, 0.29) is 12.1 Å². The van der Waals surface area contributed by atoms with E-state index in [1.54, 1.807) is 0 Å². The molecule has 82 valence electrons. The molecule has 0 aromatic carbocycles. The molecule has 0 spiro atoms. The van der Waals surface area contributed by atoms with Gasteiger partial charge in [0.15, 0.2) is 5.79 Å². The molecule has 4 nitrogen and oxygen atoms in total. The fraction of sp³-hybridized carbons (Fsp3) is 0.900. The Morgan fingerprint density at radius 2 is 2.00 bits per heavy atom. The Bertz CT molecular complexity index is 194. The van der Waals surface area contributed by atoms with Crippen LogP contribution < -0.4 is 0 Å². The number of ether oxygens (including phenoxy) is 3. The molecular weight excluding hydrogens is 184 g/mol. The quantitative estimate of drug-likeness (QED) is 0.648. The van der Waals surface area contributed by atoms with E-state index in [0.717, 1.165) is 0 Å². The van der Waals surface area contributed by atoms with E-state index in [2.05, 4.69) is 0 Å². The van der Waals surface area contributed by atoms with E-state index in [1.807, 2.05) is 20.8 Å². The number of rotatable bonds is 4. The van der Waals surface area contributed by atoms with E-state index in [9.17, 15) is 4.79 Å². The lowest BCUT2D eigenvalue weighted by molar-refractivity contribution is -0.163. The van der Waals surface area contributed by atoms with Gasteiger partial charge in [0.05, 0.1) is 25.7 Å². The summed E-state index contributed by atoms with van der Waals surface area (Å²) in [4.78, 5) is 11.2. The summed E-state index contributed by atoms with van der Waals surface area (Å²) in [6, 6.07) is 0. The molecule has 4 heteroatoms. The smallest absolute Gasteiger partial charge is 0.306 e. The van der Waals surface area contributed by atoms with Crippen LogP contribution in [0.3, 0.4) is 0 Å². The molecule has 0 aliphatic carbocycles. The first-order valence-corrected chi connectivity index (χ1v) is 4.99. The predicted molar refractivity (Wildman–Crippen MR) is 50.8 cm³/mol. The van der Waals surface area contributed by atoms with Gasteiger partial charge in [0.2, 0.25) is 0 Å². The second kappa shape index (κ2) is 4.75. The molecule has 0 radical (unpaired) electrons. The lowest BCUT2D eigenvalue weighted by atomic mass is 10.2. The van der Waals surface area contributed by atoms with Crippen LogP contribution in [0.2, 0.25) is 0 Å². The third-order valence-electron chi connectivity index (χ3n) is 2.05. The van der Waals surface area contributed by atoms with Crippen molar-refractivity contribution in [2.75, 3.05) is 13.2 Å². The first kappa shape index (κ1) is 11.5. The maximum Gasteiger partial charge on any atom is 0.306 e. The number of carbonyl (C=O) groups is 1. The SMILES string of the molecule is CC(C)OC(=O)CCC1(C)OCCO1. The Kier molecular flexibility index (Phi) is 3.89. The second-order valence-electron chi connectivity index (χ2n) is 3.87. The molecule has 0 bridgehead atoms. The van der Waals surface area contributed by atoms with Crippen molar-refractivity contribution >= 4 is 5.97 Å². The molecule has 0 aromatic heterocycles. The van der Waals surface area contributed by atoms with E-state index >= 15 is 0 Å². The van der Waals surface area contributed by atoms with Gasteiger partial charge in [-0.15, -0.1) is 0 Å². The average Bonchev–Trinajstić information content (AvgIpc) is 2.49. The van der Waals surface area contributed by atoms with Gasteiger partial charge in [-0.1, -0.05) is 0 Å². The van der Waals surface area contributed by atoms with Crippen LogP contribution in [0.4, 0.5) is 0 Å². The van der Waals surface area contributed by atoms with Crippen LogP contribution in [-0.2, 0) is 19.0 Å². The summed E-state index contributed by atoms with van der Waals surface area (Å²) in [6.45, 7) is 6.73. The summed E-state index contributed by atoms with van der Waals surface area (Å²) in [7, 11) is 0. The monoisotopic (exact) mass is 202 g/mol. The van der Waals surface area contributed by atoms with Crippen molar-refractivity contribution in [2.45, 2.75) is 45.5 Å². The highest BCUT2D eigenvalue weighted by Crippen LogP contribution is 2.24. The van der Waals surface area contributed by atoms with Crippen LogP contribution in [0.15, 0.2) is 0 Å². The Morgan fingerprint density at radius 3 is 2.50 bits per heavy atom. The molecule has 0 atom stereocenters. The zero-order valence-electron chi connectivity index (χ0n) is 9.04. The summed E-state index contributed by atoms with van der Waals surface area (Å²) in [5.41, 5.74) is 0. The van der Waals surface area contributed by atoms with E-state index in [0.29, 0.717) is 26.1 Å². The van der Waals surface area contributed by atoms with Gasteiger partial charge in [-0.25, -0.2) is 0 Å². The number of hydrogen-bond donors (Lipinski definition) is 0. The molecular formula is C10H18O4. The summed E-state index contributed by atoms with van der Waals surface area (Å²) in [5.74, 6) is -0.781. The normalized spacial score (nSPS) is 20.0. The van der Waals surface area contributed by atoms with Gasteiger partial charge in [-0.05, 0) is 20.8 Å². The maximum absolute atomic E-state index is 11.2. The van der Waals surface area contributed by atoms with Gasteiger partial charge in [-0.3, -0.25) is 4.79 Å². The van der Waals surface area contributed by atoms with Gasteiger partial charge in [-0.2, -0.15) is 0 Å². The molecule has 1 saturated heterocycles. The molecule has 14 heavy (non-hydrogen) atoms. The first-order chi connectivity index (χ1) is 6.52. The van der Waals surface area contributed by atoms with Crippen LogP contribution >= 0.6 is 0 Å². The minimum absolute atomic E-state index is 0.0549. The molecule has 1 aliphatic rings. The third kappa shape index (κ3) is 3.64. The molecule has 1 aliphatic heterocycles. The fourth-order valence-electron chi connectivity index (χ4n) is 1.35. The van der Waals surface area contributed by atoms with E-state index in [1.165, 1.54) is 0 Å². The fourth-order valence-corrected chi connectivity index (χ4v) is 1.35. The summed E-state index contributed by atoms with van der Waals surface area (Å²) in [6.07, 6.45) is 0.841. The highest BCUT2D eigenvalue weighted by molar-refractivity contribution is 5.69. The highest BCUT2D eigenvalue weighted by atomic mass is 16.7. The summed E-state index contributed by atoms with van der Waals surface area (Å²) in [5, 5.41) is 0. The number of hydrogen-bond acceptors (Lipinski definition) is 4. The van der Waals surface area contributed by atoms with Crippen LogP contribution in [0, 0.1) is 0 Å². The topological polar surface area (TPSA) is 44.8 Å². The van der Waals surface area contributed by atoms with Crippen LogP contribution in [-0.4, -0.2) is 31.1 Å². The van der Waals surface area contributed by atoms with Crippen molar-refractivity contribution in [3.63, 3.8) is 0 Å². The van der Waals surface area contributed by atoms with Crippen LogP contribution in [0.25, 0.3) is 0 Å². The zero-order chi connectivity index (χ0) is 10.6. The van der Waals surface area contributed by atoms with Crippen molar-refractivity contribution in [2.24, 2.45) is 0 Å². The zero-order valence-corrected chi connectivity index (χ0v) is 9.04. The van der Waals surface area contributed by atoms with Crippen molar-refractivity contribution in [1.29, 1.82) is 0 Å². The van der Waals surface area contributed by atoms with Crippen molar-refractivity contribution < 1.29 is 19.0 Å². The average molecular weight is 202 g/mol. The lowest BCUT2D eigenvalue weighted by Crippen LogP contribution is -2.27. The van der Waals surface area contributed by atoms with Gasteiger partial charge >= 0.3 is 5.97 Å².